The van der Waals surface area contributed by atoms with Gasteiger partial charge in [0.05, 0.1) is 6.10 Å². The quantitative estimate of drug-likeness (QED) is 0.845. The van der Waals surface area contributed by atoms with E-state index in [0.29, 0.717) is 6.04 Å². The molecule has 2 N–H and O–H groups in total. The Morgan fingerprint density at radius 1 is 1.35 bits per heavy atom. The summed E-state index contributed by atoms with van der Waals surface area (Å²) in [5, 5.41) is 14.4. The van der Waals surface area contributed by atoms with E-state index in [4.69, 9.17) is 11.6 Å². The van der Waals surface area contributed by atoms with E-state index in [2.05, 4.69) is 19.2 Å². The van der Waals surface area contributed by atoms with Crippen molar-refractivity contribution in [3.63, 3.8) is 0 Å². The first kappa shape index (κ1) is 14.5. The lowest BCUT2D eigenvalue weighted by Crippen LogP contribution is -2.38. The second-order valence-corrected chi connectivity index (χ2v) is 5.13. The molecule has 3 heteroatoms. The SMILES string of the molecule is CCC(C)NC(C)C(O)c1ccc(Cl)c(C)c1. The van der Waals surface area contributed by atoms with Crippen molar-refractivity contribution in [1.29, 1.82) is 0 Å². The zero-order valence-corrected chi connectivity index (χ0v) is 11.8. The molecule has 3 unspecified atom stereocenters. The van der Waals surface area contributed by atoms with Crippen molar-refractivity contribution < 1.29 is 5.11 Å². The van der Waals surface area contributed by atoms with Crippen LogP contribution in [0.25, 0.3) is 0 Å². The fourth-order valence-electron chi connectivity index (χ4n) is 1.80. The molecule has 3 atom stereocenters. The molecule has 2 nitrogen and oxygen atoms in total. The van der Waals surface area contributed by atoms with E-state index in [1.165, 1.54) is 0 Å². The molecule has 0 heterocycles. The number of hydrogen-bond acceptors (Lipinski definition) is 2. The third-order valence-electron chi connectivity index (χ3n) is 3.16. The molecule has 0 bridgehead atoms. The van der Waals surface area contributed by atoms with Crippen molar-refractivity contribution >= 4 is 11.6 Å². The Hall–Kier alpha value is -0.570. The van der Waals surface area contributed by atoms with Crippen LogP contribution in [0.2, 0.25) is 5.02 Å². The standard InChI is InChI=1S/C14H22ClNO/c1-5-10(3)16-11(4)14(17)12-6-7-13(15)9(2)8-12/h6-8,10-11,14,16-17H,5H2,1-4H3. The topological polar surface area (TPSA) is 32.3 Å². The Bertz CT molecular complexity index is 367. The Morgan fingerprint density at radius 2 is 2.00 bits per heavy atom. The van der Waals surface area contributed by atoms with Crippen LogP contribution in [0.15, 0.2) is 18.2 Å². The lowest BCUT2D eigenvalue weighted by molar-refractivity contribution is 0.130. The minimum Gasteiger partial charge on any atom is -0.387 e. The maximum absolute atomic E-state index is 10.2. The lowest BCUT2D eigenvalue weighted by Gasteiger charge is -2.24. The summed E-state index contributed by atoms with van der Waals surface area (Å²) in [7, 11) is 0. The molecule has 0 saturated heterocycles. The van der Waals surface area contributed by atoms with Crippen molar-refractivity contribution in [2.75, 3.05) is 0 Å². The van der Waals surface area contributed by atoms with Crippen LogP contribution in [-0.4, -0.2) is 17.2 Å². The maximum Gasteiger partial charge on any atom is 0.0940 e. The predicted octanol–water partition coefficient (Wildman–Crippen LogP) is 3.46. The van der Waals surface area contributed by atoms with Crippen molar-refractivity contribution in [2.24, 2.45) is 0 Å². The van der Waals surface area contributed by atoms with Crippen LogP contribution < -0.4 is 5.32 Å². The van der Waals surface area contributed by atoms with Crippen LogP contribution in [0.1, 0.15) is 44.4 Å². The number of aliphatic hydroxyl groups excluding tert-OH is 1. The molecular weight excluding hydrogens is 234 g/mol. The van der Waals surface area contributed by atoms with Gasteiger partial charge in [-0.05, 0) is 44.4 Å². The molecule has 0 aliphatic carbocycles. The van der Waals surface area contributed by atoms with Crippen LogP contribution in [0.5, 0.6) is 0 Å². The van der Waals surface area contributed by atoms with Crippen LogP contribution in [0.3, 0.4) is 0 Å². The van der Waals surface area contributed by atoms with E-state index in [-0.39, 0.29) is 6.04 Å². The van der Waals surface area contributed by atoms with E-state index in [0.717, 1.165) is 22.6 Å². The lowest BCUT2D eigenvalue weighted by atomic mass is 10.0. The number of benzene rings is 1. The third kappa shape index (κ3) is 3.98. The fraction of sp³-hybridized carbons (Fsp3) is 0.571. The number of hydrogen-bond donors (Lipinski definition) is 2. The molecule has 1 rings (SSSR count). The maximum atomic E-state index is 10.2. The first-order valence-corrected chi connectivity index (χ1v) is 6.53. The zero-order valence-electron chi connectivity index (χ0n) is 11.0. The molecule has 96 valence electrons. The summed E-state index contributed by atoms with van der Waals surface area (Å²) in [6.45, 7) is 8.20. The van der Waals surface area contributed by atoms with Crippen molar-refractivity contribution in [1.82, 2.24) is 5.32 Å². The van der Waals surface area contributed by atoms with Gasteiger partial charge in [0.15, 0.2) is 0 Å². The van der Waals surface area contributed by atoms with Gasteiger partial charge in [-0.1, -0.05) is 30.7 Å². The zero-order chi connectivity index (χ0) is 13.0. The predicted molar refractivity (Wildman–Crippen MR) is 73.5 cm³/mol. The molecule has 0 aliphatic rings. The van der Waals surface area contributed by atoms with Crippen molar-refractivity contribution in [3.05, 3.63) is 34.3 Å². The average Bonchev–Trinajstić information content (AvgIpc) is 2.31. The van der Waals surface area contributed by atoms with Gasteiger partial charge < -0.3 is 10.4 Å². The monoisotopic (exact) mass is 255 g/mol. The average molecular weight is 256 g/mol. The number of rotatable bonds is 5. The second kappa shape index (κ2) is 6.39. The highest BCUT2D eigenvalue weighted by molar-refractivity contribution is 6.31. The largest absolute Gasteiger partial charge is 0.387 e. The number of aryl methyl sites for hydroxylation is 1. The fourth-order valence-corrected chi connectivity index (χ4v) is 1.92. The molecule has 0 aliphatic heterocycles. The second-order valence-electron chi connectivity index (χ2n) is 4.72. The summed E-state index contributed by atoms with van der Waals surface area (Å²) in [4.78, 5) is 0. The molecule has 0 radical (unpaired) electrons. The normalized spacial score (nSPS) is 16.6. The Balaban J connectivity index is 2.74. The van der Waals surface area contributed by atoms with E-state index in [9.17, 15) is 5.11 Å². The van der Waals surface area contributed by atoms with Crippen LogP contribution >= 0.6 is 11.6 Å². The highest BCUT2D eigenvalue weighted by Gasteiger charge is 2.17. The molecule has 0 saturated carbocycles. The van der Waals surface area contributed by atoms with E-state index < -0.39 is 6.10 Å². The smallest absolute Gasteiger partial charge is 0.0940 e. The molecule has 1 aromatic carbocycles. The van der Waals surface area contributed by atoms with Gasteiger partial charge in [-0.2, -0.15) is 0 Å². The van der Waals surface area contributed by atoms with Crippen molar-refractivity contribution in [3.8, 4) is 0 Å². The number of aliphatic hydroxyl groups is 1. The van der Waals surface area contributed by atoms with E-state index >= 15 is 0 Å². The van der Waals surface area contributed by atoms with Crippen LogP contribution in [0.4, 0.5) is 0 Å². The molecule has 0 aromatic heterocycles. The minimum absolute atomic E-state index is 0.0329. The molecule has 0 fully saturated rings. The summed E-state index contributed by atoms with van der Waals surface area (Å²) in [6, 6.07) is 6.11. The summed E-state index contributed by atoms with van der Waals surface area (Å²) in [5.41, 5.74) is 1.91. The van der Waals surface area contributed by atoms with Gasteiger partial charge in [0.25, 0.3) is 0 Å². The van der Waals surface area contributed by atoms with Gasteiger partial charge in [0.1, 0.15) is 0 Å². The molecular formula is C14H22ClNO. The van der Waals surface area contributed by atoms with Gasteiger partial charge in [0.2, 0.25) is 0 Å². The van der Waals surface area contributed by atoms with Gasteiger partial charge in [-0.25, -0.2) is 0 Å². The van der Waals surface area contributed by atoms with Gasteiger partial charge in [0, 0.05) is 17.1 Å². The van der Waals surface area contributed by atoms with E-state index in [1.54, 1.807) is 0 Å². The summed E-state index contributed by atoms with van der Waals surface area (Å²) in [5.74, 6) is 0. The highest BCUT2D eigenvalue weighted by Crippen LogP contribution is 2.23. The van der Waals surface area contributed by atoms with E-state index in [1.807, 2.05) is 32.0 Å². The van der Waals surface area contributed by atoms with Gasteiger partial charge >= 0.3 is 0 Å². The third-order valence-corrected chi connectivity index (χ3v) is 3.58. The first-order chi connectivity index (χ1) is 7.95. The van der Waals surface area contributed by atoms with Gasteiger partial charge in [-0.15, -0.1) is 0 Å². The Kier molecular flexibility index (Phi) is 5.44. The van der Waals surface area contributed by atoms with Crippen molar-refractivity contribution in [2.45, 2.75) is 52.3 Å². The molecule has 0 amide bonds. The molecule has 0 spiro atoms. The minimum atomic E-state index is -0.500. The Morgan fingerprint density at radius 3 is 2.53 bits per heavy atom. The van der Waals surface area contributed by atoms with Crippen LogP contribution in [0, 0.1) is 6.92 Å². The summed E-state index contributed by atoms with van der Waals surface area (Å²) in [6.07, 6.45) is 0.552. The number of nitrogens with one attached hydrogen (secondary N) is 1. The molecule has 17 heavy (non-hydrogen) atoms. The number of halogens is 1. The Labute approximate surface area is 109 Å². The van der Waals surface area contributed by atoms with Gasteiger partial charge in [-0.3, -0.25) is 0 Å². The summed E-state index contributed by atoms with van der Waals surface area (Å²) < 4.78 is 0. The molecule has 1 aromatic rings. The highest BCUT2D eigenvalue weighted by atomic mass is 35.5. The van der Waals surface area contributed by atoms with Crippen LogP contribution in [-0.2, 0) is 0 Å². The first-order valence-electron chi connectivity index (χ1n) is 6.15. The summed E-state index contributed by atoms with van der Waals surface area (Å²) >= 11 is 5.97.